The molecule has 2 aromatic rings. The molecule has 126 valence electrons. The van der Waals surface area contributed by atoms with Crippen molar-refractivity contribution in [3.63, 3.8) is 0 Å². The number of benzene rings is 1. The third-order valence-electron chi connectivity index (χ3n) is 5.09. The van der Waals surface area contributed by atoms with Crippen LogP contribution in [0.4, 0.5) is 0 Å². The molecule has 0 bridgehead atoms. The van der Waals surface area contributed by atoms with Crippen LogP contribution in [0.3, 0.4) is 0 Å². The monoisotopic (exact) mass is 325 g/mol. The third-order valence-corrected chi connectivity index (χ3v) is 5.09. The van der Waals surface area contributed by atoms with Crippen LogP contribution in [-0.2, 0) is 13.0 Å². The molecule has 1 aromatic heterocycles. The normalized spacial score (nSPS) is 21.4. The van der Waals surface area contributed by atoms with Gasteiger partial charge in [0.05, 0.1) is 11.4 Å². The van der Waals surface area contributed by atoms with E-state index in [-0.39, 0.29) is 0 Å². The van der Waals surface area contributed by atoms with Crippen molar-refractivity contribution in [2.75, 3.05) is 19.6 Å². The number of imidazole rings is 1. The van der Waals surface area contributed by atoms with Gasteiger partial charge in [0.2, 0.25) is 5.91 Å². The molecule has 1 fully saturated rings. The van der Waals surface area contributed by atoms with E-state index in [1.807, 2.05) is 12.1 Å². The summed E-state index contributed by atoms with van der Waals surface area (Å²) in [5.74, 6) is 0.469. The number of hydrogen-bond donors (Lipinski definition) is 3. The number of piperidine rings is 1. The SMILES string of the molecule is NC(=O)c1ccc(-c2nc3c([nH]2)CN([C@H]2CCCNC2)CC3)cc1. The van der Waals surface area contributed by atoms with Gasteiger partial charge in [0.1, 0.15) is 5.82 Å². The Hall–Kier alpha value is -2.18. The Labute approximate surface area is 141 Å². The number of H-pyrrole nitrogens is 1. The Morgan fingerprint density at radius 2 is 2.12 bits per heavy atom. The van der Waals surface area contributed by atoms with Crippen molar-refractivity contribution in [3.05, 3.63) is 41.2 Å². The van der Waals surface area contributed by atoms with E-state index in [0.717, 1.165) is 44.0 Å². The van der Waals surface area contributed by atoms with Crippen molar-refractivity contribution < 1.29 is 4.79 Å². The zero-order valence-electron chi connectivity index (χ0n) is 13.7. The van der Waals surface area contributed by atoms with Gasteiger partial charge in [-0.2, -0.15) is 0 Å². The van der Waals surface area contributed by atoms with Crippen LogP contribution in [-0.4, -0.2) is 46.5 Å². The first kappa shape index (κ1) is 15.4. The molecule has 2 aliphatic rings. The minimum Gasteiger partial charge on any atom is -0.366 e. The van der Waals surface area contributed by atoms with E-state index in [1.54, 1.807) is 12.1 Å². The van der Waals surface area contributed by atoms with E-state index < -0.39 is 5.91 Å². The van der Waals surface area contributed by atoms with Crippen LogP contribution in [0.2, 0.25) is 0 Å². The van der Waals surface area contributed by atoms with Gasteiger partial charge in [0.15, 0.2) is 0 Å². The van der Waals surface area contributed by atoms with Gasteiger partial charge in [-0.15, -0.1) is 0 Å². The highest BCUT2D eigenvalue weighted by Crippen LogP contribution is 2.25. The zero-order valence-corrected chi connectivity index (χ0v) is 13.7. The lowest BCUT2D eigenvalue weighted by molar-refractivity contribution is 0.100. The molecular weight excluding hydrogens is 302 g/mol. The molecule has 1 atom stereocenters. The number of amides is 1. The molecule has 0 saturated carbocycles. The number of rotatable bonds is 3. The fraction of sp³-hybridized carbons (Fsp3) is 0.444. The largest absolute Gasteiger partial charge is 0.366 e. The van der Waals surface area contributed by atoms with Crippen molar-refractivity contribution in [1.82, 2.24) is 20.2 Å². The lowest BCUT2D eigenvalue weighted by Gasteiger charge is -2.36. The fourth-order valence-electron chi connectivity index (χ4n) is 3.70. The van der Waals surface area contributed by atoms with Gasteiger partial charge in [-0.05, 0) is 31.5 Å². The van der Waals surface area contributed by atoms with Crippen LogP contribution in [0.15, 0.2) is 24.3 Å². The number of aromatic amines is 1. The lowest BCUT2D eigenvalue weighted by atomic mass is 10.0. The summed E-state index contributed by atoms with van der Waals surface area (Å²) in [7, 11) is 0. The van der Waals surface area contributed by atoms with E-state index in [0.29, 0.717) is 11.6 Å². The Kier molecular flexibility index (Phi) is 4.08. The van der Waals surface area contributed by atoms with E-state index in [9.17, 15) is 4.79 Å². The number of carbonyl (C=O) groups excluding carboxylic acids is 1. The van der Waals surface area contributed by atoms with E-state index in [1.165, 1.54) is 24.2 Å². The van der Waals surface area contributed by atoms with Crippen LogP contribution in [0, 0.1) is 0 Å². The van der Waals surface area contributed by atoms with Gasteiger partial charge < -0.3 is 16.0 Å². The molecule has 6 nitrogen and oxygen atoms in total. The number of nitrogens with one attached hydrogen (secondary N) is 2. The Bertz CT molecular complexity index is 730. The standard InChI is InChI=1S/C18H23N5O/c19-17(24)12-3-5-13(6-4-12)18-21-15-7-9-23(11-16(15)22-18)14-2-1-8-20-10-14/h3-6,14,20H,1-2,7-11H2,(H2,19,24)(H,21,22)/t14-/m0/s1. The highest BCUT2D eigenvalue weighted by Gasteiger charge is 2.27. The molecule has 2 aliphatic heterocycles. The van der Waals surface area contributed by atoms with Gasteiger partial charge in [0, 0.05) is 43.2 Å². The van der Waals surface area contributed by atoms with Crippen LogP contribution in [0.1, 0.15) is 34.6 Å². The molecule has 6 heteroatoms. The maximum Gasteiger partial charge on any atom is 0.248 e. The summed E-state index contributed by atoms with van der Waals surface area (Å²) < 4.78 is 0. The Balaban J connectivity index is 1.52. The van der Waals surface area contributed by atoms with Gasteiger partial charge in [-0.3, -0.25) is 9.69 Å². The first-order chi connectivity index (χ1) is 11.7. The van der Waals surface area contributed by atoms with Crippen LogP contribution in [0.5, 0.6) is 0 Å². The summed E-state index contributed by atoms with van der Waals surface area (Å²) in [5.41, 5.74) is 9.19. The highest BCUT2D eigenvalue weighted by atomic mass is 16.1. The third kappa shape index (κ3) is 2.95. The molecule has 1 saturated heterocycles. The molecule has 3 heterocycles. The van der Waals surface area contributed by atoms with Gasteiger partial charge in [-0.1, -0.05) is 12.1 Å². The van der Waals surface area contributed by atoms with Gasteiger partial charge in [-0.25, -0.2) is 4.98 Å². The summed E-state index contributed by atoms with van der Waals surface area (Å²) >= 11 is 0. The van der Waals surface area contributed by atoms with Crippen molar-refractivity contribution in [1.29, 1.82) is 0 Å². The quantitative estimate of drug-likeness (QED) is 0.793. The fourth-order valence-corrected chi connectivity index (χ4v) is 3.70. The van der Waals surface area contributed by atoms with Gasteiger partial charge in [0.25, 0.3) is 0 Å². The number of aromatic nitrogens is 2. The molecular formula is C18H23N5O. The van der Waals surface area contributed by atoms with Crippen molar-refractivity contribution >= 4 is 5.91 Å². The average molecular weight is 325 g/mol. The summed E-state index contributed by atoms with van der Waals surface area (Å²) in [6.45, 7) is 4.24. The lowest BCUT2D eigenvalue weighted by Crippen LogP contribution is -2.47. The van der Waals surface area contributed by atoms with Crippen LogP contribution < -0.4 is 11.1 Å². The van der Waals surface area contributed by atoms with Crippen LogP contribution in [0.25, 0.3) is 11.4 Å². The molecule has 0 unspecified atom stereocenters. The number of nitrogens with zero attached hydrogens (tertiary/aromatic N) is 2. The second kappa shape index (κ2) is 6.37. The first-order valence-electron chi connectivity index (χ1n) is 8.63. The number of primary amides is 1. The second-order valence-electron chi connectivity index (χ2n) is 6.67. The van der Waals surface area contributed by atoms with E-state index in [4.69, 9.17) is 10.7 Å². The predicted molar refractivity (Wildman–Crippen MR) is 92.5 cm³/mol. The summed E-state index contributed by atoms with van der Waals surface area (Å²) in [6, 6.07) is 7.92. The Morgan fingerprint density at radius 3 is 2.83 bits per heavy atom. The summed E-state index contributed by atoms with van der Waals surface area (Å²) in [4.78, 5) is 22.0. The van der Waals surface area contributed by atoms with Crippen molar-refractivity contribution in [2.24, 2.45) is 5.73 Å². The molecule has 1 aromatic carbocycles. The number of hydrogen-bond acceptors (Lipinski definition) is 4. The zero-order chi connectivity index (χ0) is 16.5. The maximum atomic E-state index is 11.2. The maximum absolute atomic E-state index is 11.2. The van der Waals surface area contributed by atoms with Gasteiger partial charge >= 0.3 is 0 Å². The summed E-state index contributed by atoms with van der Waals surface area (Å²) in [5, 5.41) is 3.50. The van der Waals surface area contributed by atoms with Crippen LogP contribution >= 0.6 is 0 Å². The molecule has 4 N–H and O–H groups in total. The predicted octanol–water partition coefficient (Wildman–Crippen LogP) is 1.29. The topological polar surface area (TPSA) is 87.0 Å². The summed E-state index contributed by atoms with van der Waals surface area (Å²) in [6.07, 6.45) is 3.52. The molecule has 24 heavy (non-hydrogen) atoms. The second-order valence-corrected chi connectivity index (χ2v) is 6.67. The minimum absolute atomic E-state index is 0.406. The number of carbonyl (C=O) groups is 1. The number of fused-ring (bicyclic) bond motifs is 1. The molecule has 0 aliphatic carbocycles. The van der Waals surface area contributed by atoms with Crippen molar-refractivity contribution in [2.45, 2.75) is 31.8 Å². The van der Waals surface area contributed by atoms with E-state index >= 15 is 0 Å². The Morgan fingerprint density at radius 1 is 1.29 bits per heavy atom. The van der Waals surface area contributed by atoms with Crippen molar-refractivity contribution in [3.8, 4) is 11.4 Å². The molecule has 0 spiro atoms. The highest BCUT2D eigenvalue weighted by molar-refractivity contribution is 5.93. The molecule has 4 rings (SSSR count). The smallest absolute Gasteiger partial charge is 0.248 e. The minimum atomic E-state index is -0.406. The van der Waals surface area contributed by atoms with E-state index in [2.05, 4.69) is 15.2 Å². The molecule has 0 radical (unpaired) electrons. The molecule has 1 amide bonds. The number of nitrogens with two attached hydrogens (primary N) is 1. The first-order valence-corrected chi connectivity index (χ1v) is 8.63. The average Bonchev–Trinajstić information content (AvgIpc) is 3.06.